The Labute approximate surface area is 222 Å². The van der Waals surface area contributed by atoms with Crippen LogP contribution in [0.3, 0.4) is 0 Å². The first-order valence-corrected chi connectivity index (χ1v) is 12.4. The summed E-state index contributed by atoms with van der Waals surface area (Å²) in [5.41, 5.74) is 10.0. The molecule has 0 bridgehead atoms. The van der Waals surface area contributed by atoms with Crippen LogP contribution in [-0.4, -0.2) is 21.9 Å². The van der Waals surface area contributed by atoms with Crippen molar-refractivity contribution in [1.82, 2.24) is 15.2 Å². The van der Waals surface area contributed by atoms with E-state index in [1.807, 2.05) is 78.5 Å². The van der Waals surface area contributed by atoms with Crippen LogP contribution in [0, 0.1) is 13.8 Å². The number of carbonyl (C=O) groups is 1. The maximum atomic E-state index is 12.7. The number of nitrogens with one attached hydrogen (secondary N) is 1. The van der Waals surface area contributed by atoms with E-state index in [0.29, 0.717) is 17.9 Å². The number of para-hydroxylation sites is 1. The summed E-state index contributed by atoms with van der Waals surface area (Å²) < 4.78 is 7.65. The van der Waals surface area contributed by atoms with E-state index in [9.17, 15) is 4.79 Å². The van der Waals surface area contributed by atoms with Crippen LogP contribution in [-0.2, 0) is 6.61 Å². The average molecular weight is 501 g/mol. The molecule has 0 aliphatic rings. The lowest BCUT2D eigenvalue weighted by atomic mass is 10.1. The predicted molar refractivity (Wildman–Crippen MR) is 151 cm³/mol. The summed E-state index contributed by atoms with van der Waals surface area (Å²) in [6.07, 6.45) is 3.53. The van der Waals surface area contributed by atoms with Gasteiger partial charge < -0.3 is 4.74 Å². The van der Waals surface area contributed by atoms with Gasteiger partial charge in [0, 0.05) is 22.9 Å². The fourth-order valence-corrected chi connectivity index (χ4v) is 3.99. The molecule has 0 aliphatic heterocycles. The molecule has 1 N–H and O–H groups in total. The number of amides is 1. The molecule has 0 radical (unpaired) electrons. The highest BCUT2D eigenvalue weighted by Crippen LogP contribution is 2.23. The van der Waals surface area contributed by atoms with Crippen molar-refractivity contribution in [2.24, 2.45) is 5.10 Å². The van der Waals surface area contributed by atoms with Gasteiger partial charge in [0.2, 0.25) is 0 Å². The first-order chi connectivity index (χ1) is 18.5. The predicted octanol–water partition coefficient (Wildman–Crippen LogP) is 6.50. The largest absolute Gasteiger partial charge is 0.489 e. The van der Waals surface area contributed by atoms with Crippen molar-refractivity contribution in [2.45, 2.75) is 20.5 Å². The van der Waals surface area contributed by atoms with Gasteiger partial charge in [-0.15, -0.1) is 0 Å². The molecule has 4 aromatic carbocycles. The lowest BCUT2D eigenvalue weighted by molar-refractivity contribution is 0.0955. The van der Waals surface area contributed by atoms with Crippen molar-refractivity contribution in [1.29, 1.82) is 0 Å². The zero-order valence-corrected chi connectivity index (χ0v) is 21.3. The minimum Gasteiger partial charge on any atom is -0.489 e. The molecule has 0 saturated carbocycles. The van der Waals surface area contributed by atoms with Gasteiger partial charge in [-0.05, 0) is 61.9 Å². The monoisotopic (exact) mass is 500 g/mol. The Balaban J connectivity index is 1.27. The lowest BCUT2D eigenvalue weighted by Crippen LogP contribution is -2.17. The van der Waals surface area contributed by atoms with Gasteiger partial charge in [-0.25, -0.2) is 10.1 Å². The third-order valence-electron chi connectivity index (χ3n) is 6.07. The molecule has 1 aromatic heterocycles. The van der Waals surface area contributed by atoms with Gasteiger partial charge in [-0.3, -0.25) is 4.79 Å². The maximum absolute atomic E-state index is 12.7. The Bertz CT molecular complexity index is 1550. The Hall–Kier alpha value is -4.97. The van der Waals surface area contributed by atoms with E-state index in [-0.39, 0.29) is 5.91 Å². The van der Waals surface area contributed by atoms with Crippen molar-refractivity contribution in [3.8, 4) is 22.7 Å². The number of hydrogen-bond donors (Lipinski definition) is 1. The van der Waals surface area contributed by atoms with Gasteiger partial charge in [-0.1, -0.05) is 71.8 Å². The van der Waals surface area contributed by atoms with Crippen LogP contribution in [0.4, 0.5) is 0 Å². The molecule has 0 saturated heterocycles. The second-order valence-electron chi connectivity index (χ2n) is 9.08. The zero-order valence-electron chi connectivity index (χ0n) is 21.3. The number of aromatic nitrogens is 2. The fourth-order valence-electron chi connectivity index (χ4n) is 3.99. The average Bonchev–Trinajstić information content (AvgIpc) is 3.38. The van der Waals surface area contributed by atoms with Gasteiger partial charge in [0.1, 0.15) is 18.1 Å². The van der Waals surface area contributed by atoms with E-state index in [4.69, 9.17) is 9.84 Å². The van der Waals surface area contributed by atoms with E-state index in [1.165, 1.54) is 5.56 Å². The minimum atomic E-state index is -0.307. The number of aryl methyl sites for hydroxylation is 2. The van der Waals surface area contributed by atoms with Crippen molar-refractivity contribution in [3.63, 3.8) is 0 Å². The number of carbonyl (C=O) groups excluding carboxylic acids is 1. The lowest BCUT2D eigenvalue weighted by Gasteiger charge is -2.07. The van der Waals surface area contributed by atoms with Crippen molar-refractivity contribution < 1.29 is 9.53 Å². The number of hydrogen-bond acceptors (Lipinski definition) is 4. The van der Waals surface area contributed by atoms with Crippen molar-refractivity contribution >= 4 is 12.1 Å². The highest BCUT2D eigenvalue weighted by atomic mass is 16.5. The van der Waals surface area contributed by atoms with Crippen LogP contribution >= 0.6 is 0 Å². The molecule has 1 amide bonds. The van der Waals surface area contributed by atoms with E-state index in [1.54, 1.807) is 30.5 Å². The number of hydrazone groups is 1. The van der Waals surface area contributed by atoms with Crippen molar-refractivity contribution in [3.05, 3.63) is 137 Å². The summed E-state index contributed by atoms with van der Waals surface area (Å²) in [7, 11) is 0. The van der Waals surface area contributed by atoms with E-state index in [2.05, 4.69) is 35.7 Å². The normalized spacial score (nSPS) is 11.0. The SMILES string of the molecule is Cc1ccc(COc2ccc(C(=O)N/N=C/c3cn(-c4ccccc4)nc3-c3cccc(C)c3)cc2)cc1. The Kier molecular flexibility index (Phi) is 7.41. The second kappa shape index (κ2) is 11.4. The standard InChI is InChI=1S/C32H28N4O2/c1-23-11-13-25(14-12-23)22-38-30-17-15-26(16-18-30)32(37)34-33-20-28-21-36(29-9-4-3-5-10-29)35-31(28)27-8-6-7-24(2)19-27/h3-21H,22H2,1-2H3,(H,34,37)/b33-20+. The van der Waals surface area contributed by atoms with Gasteiger partial charge >= 0.3 is 0 Å². The Morgan fingerprint density at radius 1 is 0.895 bits per heavy atom. The van der Waals surface area contributed by atoms with Crippen LogP contribution in [0.5, 0.6) is 5.75 Å². The molecular formula is C32H28N4O2. The molecule has 1 heterocycles. The molecule has 5 rings (SSSR count). The van der Waals surface area contributed by atoms with Gasteiger partial charge in [0.25, 0.3) is 5.91 Å². The molecule has 38 heavy (non-hydrogen) atoms. The number of nitrogens with zero attached hydrogens (tertiary/aromatic N) is 3. The third kappa shape index (κ3) is 6.05. The molecule has 0 atom stereocenters. The summed E-state index contributed by atoms with van der Waals surface area (Å²) in [4.78, 5) is 12.7. The number of benzene rings is 4. The molecule has 0 spiro atoms. The van der Waals surface area contributed by atoms with Crippen LogP contribution < -0.4 is 10.2 Å². The van der Waals surface area contributed by atoms with Gasteiger partial charge in [0.05, 0.1) is 11.9 Å². The van der Waals surface area contributed by atoms with Crippen LogP contribution in [0.25, 0.3) is 16.9 Å². The molecule has 0 unspecified atom stereocenters. The molecule has 0 fully saturated rings. The van der Waals surface area contributed by atoms with Crippen LogP contribution in [0.1, 0.15) is 32.6 Å². The Morgan fingerprint density at radius 2 is 1.66 bits per heavy atom. The summed E-state index contributed by atoms with van der Waals surface area (Å²) in [5.74, 6) is 0.389. The summed E-state index contributed by atoms with van der Waals surface area (Å²) in [6, 6.07) is 33.3. The van der Waals surface area contributed by atoms with E-state index < -0.39 is 0 Å². The Morgan fingerprint density at radius 3 is 2.39 bits per heavy atom. The van der Waals surface area contributed by atoms with Gasteiger partial charge in [0.15, 0.2) is 0 Å². The topological polar surface area (TPSA) is 68.5 Å². The van der Waals surface area contributed by atoms with Gasteiger partial charge in [-0.2, -0.15) is 10.2 Å². The molecule has 6 heteroatoms. The smallest absolute Gasteiger partial charge is 0.271 e. The zero-order chi connectivity index (χ0) is 26.3. The number of rotatable bonds is 8. The maximum Gasteiger partial charge on any atom is 0.271 e. The summed E-state index contributed by atoms with van der Waals surface area (Å²) in [5, 5.41) is 9.03. The summed E-state index contributed by atoms with van der Waals surface area (Å²) >= 11 is 0. The minimum absolute atomic E-state index is 0.307. The molecule has 5 aromatic rings. The molecule has 188 valence electrons. The number of ether oxygens (including phenoxy) is 1. The summed E-state index contributed by atoms with van der Waals surface area (Å²) in [6.45, 7) is 4.57. The first kappa shape index (κ1) is 24.7. The third-order valence-corrected chi connectivity index (χ3v) is 6.07. The highest BCUT2D eigenvalue weighted by Gasteiger charge is 2.12. The van der Waals surface area contributed by atoms with Crippen molar-refractivity contribution in [2.75, 3.05) is 0 Å². The second-order valence-corrected chi connectivity index (χ2v) is 9.08. The first-order valence-electron chi connectivity index (χ1n) is 12.4. The van der Waals surface area contributed by atoms with Crippen LogP contribution in [0.15, 0.2) is 114 Å². The fraction of sp³-hybridized carbons (Fsp3) is 0.0938. The highest BCUT2D eigenvalue weighted by molar-refractivity contribution is 5.95. The van der Waals surface area contributed by atoms with E-state index in [0.717, 1.165) is 33.6 Å². The van der Waals surface area contributed by atoms with Crippen LogP contribution in [0.2, 0.25) is 0 Å². The molecular weight excluding hydrogens is 472 g/mol. The quantitative estimate of drug-likeness (QED) is 0.195. The molecule has 0 aliphatic carbocycles. The molecule has 6 nitrogen and oxygen atoms in total. The van der Waals surface area contributed by atoms with E-state index >= 15 is 0 Å².